The Hall–Kier alpha value is -1.11. The second-order valence-electron chi connectivity index (χ2n) is 5.27. The van der Waals surface area contributed by atoms with Gasteiger partial charge in [0, 0.05) is 17.3 Å². The zero-order valence-corrected chi connectivity index (χ0v) is 13.7. The summed E-state index contributed by atoms with van der Waals surface area (Å²) >= 11 is 5.81. The van der Waals surface area contributed by atoms with Gasteiger partial charge in [0.05, 0.1) is 11.8 Å². The molecule has 0 aliphatic rings. The standard InChI is InChI=1S/C14H21ClN2O3S/c1-10(9-11-3-5-12(15)6-4-11)17-14(18)13(16)7-8-21(2,19)20/h3-6,10,13H,7-9,16H2,1-2H3,(H,17,18). The Morgan fingerprint density at radius 1 is 1.33 bits per heavy atom. The van der Waals surface area contributed by atoms with Crippen molar-refractivity contribution in [1.82, 2.24) is 5.32 Å². The molecular weight excluding hydrogens is 312 g/mol. The van der Waals surface area contributed by atoms with Crippen LogP contribution in [0, 0.1) is 0 Å². The van der Waals surface area contributed by atoms with Gasteiger partial charge in [-0.2, -0.15) is 0 Å². The molecule has 0 saturated carbocycles. The van der Waals surface area contributed by atoms with Crippen molar-refractivity contribution in [3.05, 3.63) is 34.9 Å². The van der Waals surface area contributed by atoms with E-state index < -0.39 is 15.9 Å². The first-order valence-electron chi connectivity index (χ1n) is 6.65. The number of nitrogens with two attached hydrogens (primary N) is 1. The zero-order valence-electron chi connectivity index (χ0n) is 12.2. The third kappa shape index (κ3) is 7.45. The van der Waals surface area contributed by atoms with Crippen LogP contribution in [0.5, 0.6) is 0 Å². The van der Waals surface area contributed by atoms with Gasteiger partial charge in [-0.05, 0) is 37.5 Å². The second-order valence-corrected chi connectivity index (χ2v) is 7.96. The molecule has 3 N–H and O–H groups in total. The Kier molecular flexibility index (Phi) is 6.64. The smallest absolute Gasteiger partial charge is 0.237 e. The van der Waals surface area contributed by atoms with Crippen LogP contribution in [0.2, 0.25) is 5.02 Å². The number of nitrogens with one attached hydrogen (secondary N) is 1. The van der Waals surface area contributed by atoms with E-state index in [4.69, 9.17) is 17.3 Å². The first-order chi connectivity index (χ1) is 9.67. The maximum atomic E-state index is 11.9. The van der Waals surface area contributed by atoms with E-state index in [1.54, 1.807) is 12.1 Å². The van der Waals surface area contributed by atoms with Crippen molar-refractivity contribution >= 4 is 27.3 Å². The van der Waals surface area contributed by atoms with Crippen LogP contribution in [0.15, 0.2) is 24.3 Å². The lowest BCUT2D eigenvalue weighted by Crippen LogP contribution is -2.45. The lowest BCUT2D eigenvalue weighted by Gasteiger charge is -2.17. The third-order valence-electron chi connectivity index (χ3n) is 2.98. The fraction of sp³-hybridized carbons (Fsp3) is 0.500. The van der Waals surface area contributed by atoms with Crippen LogP contribution in [0.4, 0.5) is 0 Å². The number of hydrogen-bond donors (Lipinski definition) is 2. The van der Waals surface area contributed by atoms with E-state index in [-0.39, 0.29) is 24.1 Å². The summed E-state index contributed by atoms with van der Waals surface area (Å²) in [6.45, 7) is 1.87. The normalized spacial score (nSPS) is 14.5. The molecule has 7 heteroatoms. The van der Waals surface area contributed by atoms with Gasteiger partial charge in [0.15, 0.2) is 0 Å². The number of amides is 1. The fourth-order valence-electron chi connectivity index (χ4n) is 1.85. The minimum atomic E-state index is -3.11. The molecule has 2 unspecified atom stereocenters. The van der Waals surface area contributed by atoms with E-state index in [9.17, 15) is 13.2 Å². The van der Waals surface area contributed by atoms with Crippen LogP contribution in [0.3, 0.4) is 0 Å². The molecule has 1 aromatic carbocycles. The molecule has 0 fully saturated rings. The molecule has 1 aromatic rings. The number of carbonyl (C=O) groups excluding carboxylic acids is 1. The van der Waals surface area contributed by atoms with Gasteiger partial charge in [-0.25, -0.2) is 8.42 Å². The zero-order chi connectivity index (χ0) is 16.0. The topological polar surface area (TPSA) is 89.3 Å². The van der Waals surface area contributed by atoms with Gasteiger partial charge in [-0.3, -0.25) is 4.79 Å². The molecule has 0 saturated heterocycles. The highest BCUT2D eigenvalue weighted by molar-refractivity contribution is 7.90. The predicted molar refractivity (Wildman–Crippen MR) is 85.1 cm³/mol. The number of hydrogen-bond acceptors (Lipinski definition) is 4. The van der Waals surface area contributed by atoms with Gasteiger partial charge in [0.1, 0.15) is 9.84 Å². The SMILES string of the molecule is CC(Cc1ccc(Cl)cc1)NC(=O)C(N)CCS(C)(=O)=O. The van der Waals surface area contributed by atoms with Crippen LogP contribution in [-0.4, -0.2) is 38.4 Å². The maximum Gasteiger partial charge on any atom is 0.237 e. The Balaban J connectivity index is 2.44. The van der Waals surface area contributed by atoms with Crippen molar-refractivity contribution in [2.45, 2.75) is 31.8 Å². The van der Waals surface area contributed by atoms with E-state index in [2.05, 4.69) is 5.32 Å². The van der Waals surface area contributed by atoms with Gasteiger partial charge >= 0.3 is 0 Å². The lowest BCUT2D eigenvalue weighted by atomic mass is 10.1. The number of rotatable bonds is 7. The average molecular weight is 333 g/mol. The van der Waals surface area contributed by atoms with Crippen LogP contribution in [0.1, 0.15) is 18.9 Å². The summed E-state index contributed by atoms with van der Waals surface area (Å²) in [7, 11) is -3.11. The minimum Gasteiger partial charge on any atom is -0.352 e. The summed E-state index contributed by atoms with van der Waals surface area (Å²) in [5.41, 5.74) is 6.74. The summed E-state index contributed by atoms with van der Waals surface area (Å²) in [5.74, 6) is -0.423. The third-order valence-corrected chi connectivity index (χ3v) is 4.21. The minimum absolute atomic E-state index is 0.0901. The van der Waals surface area contributed by atoms with Crippen LogP contribution in [0.25, 0.3) is 0 Å². The Labute approximate surface area is 130 Å². The molecule has 0 heterocycles. The molecule has 0 aromatic heterocycles. The fourth-order valence-corrected chi connectivity index (χ4v) is 2.66. The highest BCUT2D eigenvalue weighted by Crippen LogP contribution is 2.11. The molecule has 1 rings (SSSR count). The van der Waals surface area contributed by atoms with Crippen molar-refractivity contribution in [3.63, 3.8) is 0 Å². The molecule has 0 aliphatic heterocycles. The second kappa shape index (κ2) is 7.77. The molecule has 5 nitrogen and oxygen atoms in total. The molecule has 118 valence electrons. The summed E-state index contributed by atoms with van der Waals surface area (Å²) in [5, 5.41) is 3.45. The Morgan fingerprint density at radius 3 is 2.43 bits per heavy atom. The van der Waals surface area contributed by atoms with Gasteiger partial charge < -0.3 is 11.1 Å². The molecule has 0 radical (unpaired) electrons. The molecule has 0 spiro atoms. The van der Waals surface area contributed by atoms with Gasteiger partial charge in [-0.15, -0.1) is 0 Å². The highest BCUT2D eigenvalue weighted by Gasteiger charge is 2.17. The van der Waals surface area contributed by atoms with Gasteiger partial charge in [-0.1, -0.05) is 23.7 Å². The quantitative estimate of drug-likeness (QED) is 0.783. The van der Waals surface area contributed by atoms with E-state index >= 15 is 0 Å². The first-order valence-corrected chi connectivity index (χ1v) is 9.09. The summed E-state index contributed by atoms with van der Waals surface area (Å²) in [4.78, 5) is 11.9. The number of halogens is 1. The van der Waals surface area contributed by atoms with E-state index in [1.165, 1.54) is 0 Å². The monoisotopic (exact) mass is 332 g/mol. The van der Waals surface area contributed by atoms with Gasteiger partial charge in [0.2, 0.25) is 5.91 Å². The summed E-state index contributed by atoms with van der Waals surface area (Å²) in [6, 6.07) is 6.48. The van der Waals surface area contributed by atoms with Crippen molar-refractivity contribution in [2.75, 3.05) is 12.0 Å². The maximum absolute atomic E-state index is 11.9. The van der Waals surface area contributed by atoms with Crippen molar-refractivity contribution in [3.8, 4) is 0 Å². The summed E-state index contributed by atoms with van der Waals surface area (Å²) in [6.07, 6.45) is 1.90. The summed E-state index contributed by atoms with van der Waals surface area (Å²) < 4.78 is 22.1. The number of carbonyl (C=O) groups is 1. The van der Waals surface area contributed by atoms with Crippen molar-refractivity contribution in [2.24, 2.45) is 5.73 Å². The lowest BCUT2D eigenvalue weighted by molar-refractivity contribution is -0.122. The predicted octanol–water partition coefficient (Wildman–Crippen LogP) is 1.15. The van der Waals surface area contributed by atoms with Crippen molar-refractivity contribution in [1.29, 1.82) is 0 Å². The Bertz CT molecular complexity index is 572. The van der Waals surface area contributed by atoms with Crippen LogP contribution in [-0.2, 0) is 21.1 Å². The van der Waals surface area contributed by atoms with Gasteiger partial charge in [0.25, 0.3) is 0 Å². The van der Waals surface area contributed by atoms with Crippen molar-refractivity contribution < 1.29 is 13.2 Å². The Morgan fingerprint density at radius 2 is 1.90 bits per heavy atom. The molecule has 21 heavy (non-hydrogen) atoms. The van der Waals surface area contributed by atoms with E-state index in [0.717, 1.165) is 11.8 Å². The number of sulfone groups is 1. The average Bonchev–Trinajstić information content (AvgIpc) is 2.37. The molecule has 2 atom stereocenters. The molecule has 1 amide bonds. The van der Waals surface area contributed by atoms with E-state index in [1.807, 2.05) is 19.1 Å². The highest BCUT2D eigenvalue weighted by atomic mass is 35.5. The largest absolute Gasteiger partial charge is 0.352 e. The molecular formula is C14H21ClN2O3S. The van der Waals surface area contributed by atoms with Crippen LogP contribution >= 0.6 is 11.6 Å². The van der Waals surface area contributed by atoms with Crippen LogP contribution < -0.4 is 11.1 Å². The number of benzene rings is 1. The van der Waals surface area contributed by atoms with E-state index in [0.29, 0.717) is 11.4 Å². The first kappa shape index (κ1) is 17.9. The molecule has 0 bridgehead atoms. The molecule has 0 aliphatic carbocycles.